The first kappa shape index (κ1) is 14.7. The van der Waals surface area contributed by atoms with Crippen LogP contribution >= 0.6 is 12.4 Å². The van der Waals surface area contributed by atoms with E-state index in [0.29, 0.717) is 12.3 Å². The summed E-state index contributed by atoms with van der Waals surface area (Å²) in [6.07, 6.45) is 4.87. The molecule has 2 aliphatic heterocycles. The van der Waals surface area contributed by atoms with Crippen LogP contribution in [-0.2, 0) is 9.53 Å². The Balaban J connectivity index is 0.00000144. The maximum absolute atomic E-state index is 11.9. The van der Waals surface area contributed by atoms with Gasteiger partial charge in [-0.05, 0) is 31.6 Å². The number of piperidine rings is 1. The van der Waals surface area contributed by atoms with Crippen molar-refractivity contribution in [2.45, 2.75) is 38.1 Å². The van der Waals surface area contributed by atoms with Crippen LogP contribution in [0.5, 0.6) is 0 Å². The zero-order chi connectivity index (χ0) is 11.4. The number of rotatable bonds is 3. The average Bonchev–Trinajstić information content (AvgIpc) is 2.78. The zero-order valence-corrected chi connectivity index (χ0v) is 11.1. The number of carbonyl (C=O) groups is 1. The van der Waals surface area contributed by atoms with Gasteiger partial charge >= 0.3 is 0 Å². The van der Waals surface area contributed by atoms with Gasteiger partial charge in [-0.15, -0.1) is 12.4 Å². The Morgan fingerprint density at radius 3 is 2.88 bits per heavy atom. The molecule has 0 saturated carbocycles. The predicted molar refractivity (Wildman–Crippen MR) is 69.2 cm³/mol. The molecule has 1 amide bonds. The van der Waals surface area contributed by atoms with Crippen LogP contribution in [0.1, 0.15) is 32.1 Å². The minimum atomic E-state index is 0. The summed E-state index contributed by atoms with van der Waals surface area (Å²) in [6.45, 7) is 3.36. The number of carbonyl (C=O) groups excluding carboxylic acids is 1. The molecule has 0 aromatic heterocycles. The first-order valence-corrected chi connectivity index (χ1v) is 6.37. The molecule has 0 spiro atoms. The van der Waals surface area contributed by atoms with Gasteiger partial charge < -0.3 is 15.4 Å². The van der Waals surface area contributed by atoms with E-state index in [2.05, 4.69) is 0 Å². The molecule has 2 N–H and O–H groups in total. The van der Waals surface area contributed by atoms with Gasteiger partial charge in [0.15, 0.2) is 0 Å². The molecule has 0 bridgehead atoms. The van der Waals surface area contributed by atoms with E-state index in [4.69, 9.17) is 10.5 Å². The van der Waals surface area contributed by atoms with Gasteiger partial charge in [0.2, 0.25) is 5.91 Å². The molecule has 4 nitrogen and oxygen atoms in total. The molecule has 2 heterocycles. The van der Waals surface area contributed by atoms with E-state index in [1.807, 2.05) is 4.90 Å². The largest absolute Gasteiger partial charge is 0.381 e. The number of halogens is 1. The maximum Gasteiger partial charge on any atom is 0.222 e. The van der Waals surface area contributed by atoms with Gasteiger partial charge in [-0.3, -0.25) is 4.79 Å². The van der Waals surface area contributed by atoms with E-state index in [-0.39, 0.29) is 24.4 Å². The quantitative estimate of drug-likeness (QED) is 0.831. The molecule has 2 fully saturated rings. The summed E-state index contributed by atoms with van der Waals surface area (Å²) in [6, 6.07) is 0.188. The third-order valence-electron chi connectivity index (χ3n) is 3.60. The average molecular weight is 263 g/mol. The minimum absolute atomic E-state index is 0. The van der Waals surface area contributed by atoms with Crippen molar-refractivity contribution in [1.82, 2.24) is 4.90 Å². The van der Waals surface area contributed by atoms with Crippen LogP contribution in [0.15, 0.2) is 0 Å². The van der Waals surface area contributed by atoms with Gasteiger partial charge in [-0.1, -0.05) is 0 Å². The molecule has 17 heavy (non-hydrogen) atoms. The molecule has 0 aliphatic carbocycles. The molecule has 2 atom stereocenters. The van der Waals surface area contributed by atoms with E-state index < -0.39 is 0 Å². The highest BCUT2D eigenvalue weighted by molar-refractivity contribution is 5.85. The lowest BCUT2D eigenvalue weighted by Gasteiger charge is -2.31. The van der Waals surface area contributed by atoms with Crippen LogP contribution in [0.4, 0.5) is 0 Å². The fraction of sp³-hybridized carbons (Fsp3) is 0.917. The lowest BCUT2D eigenvalue weighted by atomic mass is 10.0. The molecule has 2 aliphatic rings. The molecular weight excluding hydrogens is 240 g/mol. The van der Waals surface area contributed by atoms with Gasteiger partial charge in [0.05, 0.1) is 0 Å². The van der Waals surface area contributed by atoms with Crippen molar-refractivity contribution >= 4 is 18.3 Å². The van der Waals surface area contributed by atoms with Crippen LogP contribution in [0.2, 0.25) is 0 Å². The van der Waals surface area contributed by atoms with E-state index >= 15 is 0 Å². The number of hydrogen-bond donors (Lipinski definition) is 1. The van der Waals surface area contributed by atoms with Crippen molar-refractivity contribution in [2.24, 2.45) is 11.7 Å². The van der Waals surface area contributed by atoms with Gasteiger partial charge in [-0.25, -0.2) is 0 Å². The minimum Gasteiger partial charge on any atom is -0.381 e. The lowest BCUT2D eigenvalue weighted by Crippen LogP contribution is -2.45. The number of nitrogens with zero attached hydrogens (tertiary/aromatic N) is 1. The first-order chi connectivity index (χ1) is 7.75. The highest BCUT2D eigenvalue weighted by Gasteiger charge is 2.23. The summed E-state index contributed by atoms with van der Waals surface area (Å²) in [4.78, 5) is 13.9. The van der Waals surface area contributed by atoms with Crippen LogP contribution in [0.25, 0.3) is 0 Å². The second-order valence-corrected chi connectivity index (χ2v) is 5.01. The molecule has 2 rings (SSSR count). The monoisotopic (exact) mass is 262 g/mol. The topological polar surface area (TPSA) is 55.6 Å². The van der Waals surface area contributed by atoms with Crippen molar-refractivity contribution in [3.05, 3.63) is 0 Å². The standard InChI is InChI=1S/C12H22N2O2.ClH/c13-11-2-1-6-14(8-11)12(15)4-3-10-5-7-16-9-10;/h10-11H,1-9,13H2;1H. The second kappa shape index (κ2) is 7.19. The summed E-state index contributed by atoms with van der Waals surface area (Å²) in [5.74, 6) is 0.879. The number of likely N-dealkylation sites (tertiary alicyclic amines) is 1. The Kier molecular flexibility index (Phi) is 6.23. The molecule has 0 radical (unpaired) electrons. The van der Waals surface area contributed by atoms with E-state index in [1.54, 1.807) is 0 Å². The summed E-state index contributed by atoms with van der Waals surface area (Å²) >= 11 is 0. The summed E-state index contributed by atoms with van der Waals surface area (Å²) < 4.78 is 5.31. The normalized spacial score (nSPS) is 28.9. The molecule has 5 heteroatoms. The van der Waals surface area contributed by atoms with Crippen molar-refractivity contribution in [3.63, 3.8) is 0 Å². The Morgan fingerprint density at radius 1 is 1.41 bits per heavy atom. The Labute approximate surface area is 109 Å². The Hall–Kier alpha value is -0.320. The fourth-order valence-electron chi connectivity index (χ4n) is 2.53. The number of hydrogen-bond acceptors (Lipinski definition) is 3. The molecule has 100 valence electrons. The maximum atomic E-state index is 11.9. The number of nitrogens with two attached hydrogens (primary N) is 1. The third-order valence-corrected chi connectivity index (χ3v) is 3.60. The van der Waals surface area contributed by atoms with Gasteiger partial charge in [0, 0.05) is 38.8 Å². The number of ether oxygens (including phenoxy) is 1. The predicted octanol–water partition coefficient (Wildman–Crippen LogP) is 1.17. The third kappa shape index (κ3) is 4.45. The highest BCUT2D eigenvalue weighted by atomic mass is 35.5. The van der Waals surface area contributed by atoms with Gasteiger partial charge in [0.25, 0.3) is 0 Å². The SMILES string of the molecule is Cl.NC1CCCN(C(=O)CCC2CCOC2)C1. The lowest BCUT2D eigenvalue weighted by molar-refractivity contribution is -0.132. The smallest absolute Gasteiger partial charge is 0.222 e. The Morgan fingerprint density at radius 2 is 2.24 bits per heavy atom. The van der Waals surface area contributed by atoms with Crippen molar-refractivity contribution in [3.8, 4) is 0 Å². The molecule has 0 aromatic carbocycles. The first-order valence-electron chi connectivity index (χ1n) is 6.37. The second-order valence-electron chi connectivity index (χ2n) is 5.01. The van der Waals surface area contributed by atoms with E-state index in [0.717, 1.165) is 52.0 Å². The summed E-state index contributed by atoms with van der Waals surface area (Å²) in [7, 11) is 0. The van der Waals surface area contributed by atoms with Crippen molar-refractivity contribution in [2.75, 3.05) is 26.3 Å². The fourth-order valence-corrected chi connectivity index (χ4v) is 2.53. The molecule has 2 saturated heterocycles. The number of amides is 1. The van der Waals surface area contributed by atoms with Crippen LogP contribution in [0, 0.1) is 5.92 Å². The van der Waals surface area contributed by atoms with E-state index in [1.165, 1.54) is 0 Å². The van der Waals surface area contributed by atoms with Crippen LogP contribution in [0.3, 0.4) is 0 Å². The van der Waals surface area contributed by atoms with Crippen molar-refractivity contribution < 1.29 is 9.53 Å². The highest BCUT2D eigenvalue weighted by Crippen LogP contribution is 2.19. The van der Waals surface area contributed by atoms with Crippen LogP contribution < -0.4 is 5.73 Å². The van der Waals surface area contributed by atoms with Crippen LogP contribution in [-0.4, -0.2) is 43.2 Å². The zero-order valence-electron chi connectivity index (χ0n) is 10.3. The van der Waals surface area contributed by atoms with E-state index in [9.17, 15) is 4.79 Å². The summed E-state index contributed by atoms with van der Waals surface area (Å²) in [5.41, 5.74) is 5.87. The molecular formula is C12H23ClN2O2. The Bertz CT molecular complexity index is 245. The molecule has 2 unspecified atom stereocenters. The van der Waals surface area contributed by atoms with Crippen molar-refractivity contribution in [1.29, 1.82) is 0 Å². The van der Waals surface area contributed by atoms with Gasteiger partial charge in [0.1, 0.15) is 0 Å². The summed E-state index contributed by atoms with van der Waals surface area (Å²) in [5, 5.41) is 0. The van der Waals surface area contributed by atoms with Gasteiger partial charge in [-0.2, -0.15) is 0 Å². The molecule has 0 aromatic rings.